The zero-order chi connectivity index (χ0) is 33.5. The van der Waals surface area contributed by atoms with Gasteiger partial charge >= 0.3 is 0 Å². The molecule has 0 atom stereocenters. The van der Waals surface area contributed by atoms with E-state index < -0.39 is 0 Å². The summed E-state index contributed by atoms with van der Waals surface area (Å²) in [6.45, 7) is 0. The van der Waals surface area contributed by atoms with Crippen molar-refractivity contribution in [2.24, 2.45) is 0 Å². The highest BCUT2D eigenvalue weighted by molar-refractivity contribution is 7.26. The minimum absolute atomic E-state index is 0.612. The Morgan fingerprint density at radius 2 is 1.04 bits per heavy atom. The molecule has 0 unspecified atom stereocenters. The number of hydrogen-bond donors (Lipinski definition) is 0. The number of nitrogens with zero attached hydrogens (tertiary/aromatic N) is 4. The molecule has 0 radical (unpaired) electrons. The number of benzene rings is 7. The van der Waals surface area contributed by atoms with E-state index in [0.29, 0.717) is 17.5 Å². The summed E-state index contributed by atoms with van der Waals surface area (Å²) in [7, 11) is 0. The van der Waals surface area contributed by atoms with E-state index in [1.165, 1.54) is 30.9 Å². The lowest BCUT2D eigenvalue weighted by molar-refractivity contribution is 0.669. The lowest BCUT2D eigenvalue weighted by Crippen LogP contribution is -2.00. The van der Waals surface area contributed by atoms with Gasteiger partial charge in [0, 0.05) is 64.1 Å². The smallest absolute Gasteiger partial charge is 0.164 e. The highest BCUT2D eigenvalue weighted by Gasteiger charge is 2.19. The van der Waals surface area contributed by atoms with Gasteiger partial charge in [0.15, 0.2) is 17.5 Å². The molecule has 0 aliphatic rings. The van der Waals surface area contributed by atoms with Gasteiger partial charge in [-0.2, -0.15) is 0 Å². The van der Waals surface area contributed by atoms with Crippen molar-refractivity contribution in [3.63, 3.8) is 0 Å². The van der Waals surface area contributed by atoms with Gasteiger partial charge in [-0.3, -0.25) is 0 Å². The standard InChI is InChI=1S/C45H26N4OS/c1-3-11-27(12-4-1)43-46-44(28-20-22-37-34(25-28)41-38(50-37)23-24-40-42(41)33-16-8-10-18-39(33)51-40)48-45(47-43)29-19-21-32-31-15-7-9-17-35(31)49(36(32)26-29)30-13-5-2-6-14-30/h1-26H. The SMILES string of the molecule is c1ccc(-c2nc(-c3ccc4oc5ccc6sc7ccccc7c6c5c4c3)nc(-c3ccc4c5ccccc5n(-c5ccccc5)c4c3)n2)cc1. The average Bonchev–Trinajstić information content (AvgIpc) is 3.87. The molecule has 238 valence electrons. The predicted octanol–water partition coefficient (Wildman–Crippen LogP) is 12.2. The van der Waals surface area contributed by atoms with Crippen molar-refractivity contribution in [2.75, 3.05) is 0 Å². The highest BCUT2D eigenvalue weighted by Crippen LogP contribution is 2.43. The molecule has 4 heterocycles. The van der Waals surface area contributed by atoms with E-state index in [1.54, 1.807) is 0 Å². The Bertz CT molecular complexity index is 3140. The third-order valence-electron chi connectivity index (χ3n) is 9.85. The zero-order valence-corrected chi connectivity index (χ0v) is 27.9. The largest absolute Gasteiger partial charge is 0.456 e. The van der Waals surface area contributed by atoms with Crippen molar-refractivity contribution in [1.29, 1.82) is 0 Å². The highest BCUT2D eigenvalue weighted by atomic mass is 32.1. The number of fused-ring (bicyclic) bond motifs is 10. The van der Waals surface area contributed by atoms with E-state index in [1.807, 2.05) is 47.7 Å². The summed E-state index contributed by atoms with van der Waals surface area (Å²) in [5, 5.41) is 7.03. The van der Waals surface area contributed by atoms with Crippen molar-refractivity contribution >= 4 is 75.3 Å². The average molecular weight is 671 g/mol. The van der Waals surface area contributed by atoms with Gasteiger partial charge < -0.3 is 8.98 Å². The summed E-state index contributed by atoms with van der Waals surface area (Å²) in [5.74, 6) is 1.86. The molecule has 0 aliphatic heterocycles. The van der Waals surface area contributed by atoms with Crippen LogP contribution in [0.5, 0.6) is 0 Å². The summed E-state index contributed by atoms with van der Waals surface area (Å²) in [6, 6.07) is 54.9. The van der Waals surface area contributed by atoms with Gasteiger partial charge in [-0.1, -0.05) is 97.1 Å². The Hall–Kier alpha value is -6.63. The fourth-order valence-electron chi connectivity index (χ4n) is 7.54. The number of thiophene rings is 1. The second-order valence-corrected chi connectivity index (χ2v) is 13.9. The topological polar surface area (TPSA) is 56.7 Å². The molecule has 0 N–H and O–H groups in total. The summed E-state index contributed by atoms with van der Waals surface area (Å²) in [6.07, 6.45) is 0. The lowest BCUT2D eigenvalue weighted by atomic mass is 10.0. The third-order valence-corrected chi connectivity index (χ3v) is 11.0. The van der Waals surface area contributed by atoms with Gasteiger partial charge in [0.2, 0.25) is 0 Å². The van der Waals surface area contributed by atoms with Gasteiger partial charge in [-0.25, -0.2) is 15.0 Å². The predicted molar refractivity (Wildman–Crippen MR) is 211 cm³/mol. The Morgan fingerprint density at radius 3 is 1.86 bits per heavy atom. The molecule has 6 heteroatoms. The molecule has 5 nitrogen and oxygen atoms in total. The first kappa shape index (κ1) is 28.2. The van der Waals surface area contributed by atoms with E-state index in [2.05, 4.69) is 126 Å². The number of para-hydroxylation sites is 2. The van der Waals surface area contributed by atoms with Gasteiger partial charge in [0.25, 0.3) is 0 Å². The van der Waals surface area contributed by atoms with Crippen molar-refractivity contribution in [3.05, 3.63) is 158 Å². The van der Waals surface area contributed by atoms with Crippen LogP contribution in [0.15, 0.2) is 162 Å². The van der Waals surface area contributed by atoms with E-state index in [4.69, 9.17) is 19.4 Å². The van der Waals surface area contributed by atoms with Crippen LogP contribution >= 0.6 is 11.3 Å². The molecule has 0 saturated heterocycles. The number of hydrogen-bond acceptors (Lipinski definition) is 5. The summed E-state index contributed by atoms with van der Waals surface area (Å²) >= 11 is 1.81. The van der Waals surface area contributed by atoms with Crippen LogP contribution in [0.2, 0.25) is 0 Å². The van der Waals surface area contributed by atoms with Crippen LogP contribution in [0.3, 0.4) is 0 Å². The van der Waals surface area contributed by atoms with Crippen LogP contribution in [0, 0.1) is 0 Å². The molecular formula is C45H26N4OS. The zero-order valence-electron chi connectivity index (χ0n) is 27.1. The third kappa shape index (κ3) is 4.37. The number of rotatable bonds is 4. The Labute approximate surface area is 295 Å². The van der Waals surface area contributed by atoms with E-state index >= 15 is 0 Å². The molecule has 0 saturated carbocycles. The normalized spacial score (nSPS) is 11.9. The van der Waals surface area contributed by atoms with Crippen LogP contribution in [-0.2, 0) is 0 Å². The maximum atomic E-state index is 6.42. The Balaban J connectivity index is 1.15. The van der Waals surface area contributed by atoms with Crippen LogP contribution in [0.25, 0.3) is 104 Å². The maximum absolute atomic E-state index is 6.42. The monoisotopic (exact) mass is 670 g/mol. The van der Waals surface area contributed by atoms with Crippen molar-refractivity contribution in [2.45, 2.75) is 0 Å². The second kappa shape index (κ2) is 10.9. The van der Waals surface area contributed by atoms with Gasteiger partial charge in [-0.05, 0) is 60.7 Å². The quantitative estimate of drug-likeness (QED) is 0.187. The fraction of sp³-hybridized carbons (Fsp3) is 0. The van der Waals surface area contributed by atoms with Gasteiger partial charge in [0.1, 0.15) is 11.2 Å². The van der Waals surface area contributed by atoms with Crippen LogP contribution in [0.1, 0.15) is 0 Å². The van der Waals surface area contributed by atoms with Crippen LogP contribution in [-0.4, -0.2) is 19.5 Å². The van der Waals surface area contributed by atoms with E-state index in [0.717, 1.165) is 55.3 Å². The first-order valence-electron chi connectivity index (χ1n) is 16.9. The van der Waals surface area contributed by atoms with Crippen molar-refractivity contribution in [3.8, 4) is 39.9 Å². The van der Waals surface area contributed by atoms with Gasteiger partial charge in [0.05, 0.1) is 11.0 Å². The molecule has 0 spiro atoms. The molecule has 0 fully saturated rings. The van der Waals surface area contributed by atoms with E-state index in [-0.39, 0.29) is 0 Å². The number of aromatic nitrogens is 4. The first-order chi connectivity index (χ1) is 25.3. The summed E-state index contributed by atoms with van der Waals surface area (Å²) in [4.78, 5) is 15.3. The minimum Gasteiger partial charge on any atom is -0.456 e. The Morgan fingerprint density at radius 1 is 0.412 bits per heavy atom. The lowest BCUT2D eigenvalue weighted by Gasteiger charge is -2.10. The van der Waals surface area contributed by atoms with Crippen LogP contribution in [0.4, 0.5) is 0 Å². The molecule has 7 aromatic carbocycles. The molecule has 11 aromatic rings. The maximum Gasteiger partial charge on any atom is 0.164 e. The van der Waals surface area contributed by atoms with Crippen molar-refractivity contribution in [1.82, 2.24) is 19.5 Å². The molecule has 0 amide bonds. The molecule has 51 heavy (non-hydrogen) atoms. The second-order valence-electron chi connectivity index (χ2n) is 12.8. The van der Waals surface area contributed by atoms with Gasteiger partial charge in [-0.15, -0.1) is 11.3 Å². The molecular weight excluding hydrogens is 645 g/mol. The van der Waals surface area contributed by atoms with Crippen LogP contribution < -0.4 is 0 Å². The molecule has 4 aromatic heterocycles. The Kier molecular flexibility index (Phi) is 6.05. The summed E-state index contributed by atoms with van der Waals surface area (Å²) in [5.41, 5.74) is 7.84. The molecule has 0 bridgehead atoms. The molecule has 11 rings (SSSR count). The molecule has 0 aliphatic carbocycles. The minimum atomic E-state index is 0.612. The first-order valence-corrected chi connectivity index (χ1v) is 17.8. The van der Waals surface area contributed by atoms with E-state index in [9.17, 15) is 0 Å². The van der Waals surface area contributed by atoms with Crippen molar-refractivity contribution < 1.29 is 4.42 Å². The fourth-order valence-corrected chi connectivity index (χ4v) is 8.65. The summed E-state index contributed by atoms with van der Waals surface area (Å²) < 4.78 is 11.3. The number of furan rings is 1.